The molecule has 0 atom stereocenters. The third-order valence-corrected chi connectivity index (χ3v) is 3.43. The van der Waals surface area contributed by atoms with Gasteiger partial charge in [0.05, 0.1) is 13.3 Å². The van der Waals surface area contributed by atoms with Crippen molar-refractivity contribution in [3.05, 3.63) is 60.9 Å². The van der Waals surface area contributed by atoms with Crippen LogP contribution in [0.5, 0.6) is 11.5 Å². The Bertz CT molecular complexity index is 799. The topological polar surface area (TPSA) is 76.2 Å². The van der Waals surface area contributed by atoms with Crippen molar-refractivity contribution in [1.29, 1.82) is 0 Å². The number of ether oxygens (including phenoxy) is 2. The lowest BCUT2D eigenvalue weighted by Gasteiger charge is -2.10. The largest absolute Gasteiger partial charge is 0.493 e. The van der Waals surface area contributed by atoms with E-state index in [-0.39, 0.29) is 12.5 Å². The van der Waals surface area contributed by atoms with Gasteiger partial charge in [-0.2, -0.15) is 5.10 Å². The average molecular weight is 323 g/mol. The molecule has 0 fully saturated rings. The standard InChI is InChI=1S/C18H17N3O3/c1-23-16-4-2-3-5-17(16)24-12-18(22)21-15-8-6-13(7-9-15)14-10-19-20-11-14/h2-11H,12H2,1H3,(H,19,20)(H,21,22). The zero-order chi connectivity index (χ0) is 16.8. The van der Waals surface area contributed by atoms with E-state index in [4.69, 9.17) is 9.47 Å². The van der Waals surface area contributed by atoms with E-state index in [0.29, 0.717) is 17.2 Å². The maximum absolute atomic E-state index is 12.0. The monoisotopic (exact) mass is 323 g/mol. The van der Waals surface area contributed by atoms with Gasteiger partial charge >= 0.3 is 0 Å². The highest BCUT2D eigenvalue weighted by molar-refractivity contribution is 5.92. The minimum Gasteiger partial charge on any atom is -0.493 e. The number of anilines is 1. The molecule has 2 N–H and O–H groups in total. The summed E-state index contributed by atoms with van der Waals surface area (Å²) in [4.78, 5) is 12.0. The number of carbonyl (C=O) groups excluding carboxylic acids is 1. The van der Waals surface area contributed by atoms with Crippen molar-refractivity contribution in [2.45, 2.75) is 0 Å². The van der Waals surface area contributed by atoms with Gasteiger partial charge in [0, 0.05) is 17.4 Å². The van der Waals surface area contributed by atoms with Crippen LogP contribution in [0.3, 0.4) is 0 Å². The first-order valence-corrected chi connectivity index (χ1v) is 7.41. The summed E-state index contributed by atoms with van der Waals surface area (Å²) in [6.07, 6.45) is 3.56. The Morgan fingerprint density at radius 3 is 2.50 bits per heavy atom. The van der Waals surface area contributed by atoms with Gasteiger partial charge in [0.2, 0.25) is 0 Å². The van der Waals surface area contributed by atoms with Gasteiger partial charge in [0.25, 0.3) is 5.91 Å². The molecule has 0 bridgehead atoms. The number of rotatable bonds is 6. The summed E-state index contributed by atoms with van der Waals surface area (Å²) in [6, 6.07) is 14.7. The Hall–Kier alpha value is -3.28. The molecular formula is C18H17N3O3. The highest BCUT2D eigenvalue weighted by atomic mass is 16.5. The highest BCUT2D eigenvalue weighted by Crippen LogP contribution is 2.25. The smallest absolute Gasteiger partial charge is 0.262 e. The van der Waals surface area contributed by atoms with Gasteiger partial charge in [-0.1, -0.05) is 24.3 Å². The molecule has 0 aliphatic rings. The number of aromatic nitrogens is 2. The number of aromatic amines is 1. The molecule has 0 saturated carbocycles. The number of nitrogens with zero attached hydrogens (tertiary/aromatic N) is 1. The minimum absolute atomic E-state index is 0.0934. The Morgan fingerprint density at radius 2 is 1.83 bits per heavy atom. The van der Waals surface area contributed by atoms with Crippen LogP contribution in [0.1, 0.15) is 0 Å². The van der Waals surface area contributed by atoms with E-state index in [1.807, 2.05) is 42.6 Å². The van der Waals surface area contributed by atoms with Crippen molar-refractivity contribution in [1.82, 2.24) is 10.2 Å². The summed E-state index contributed by atoms with van der Waals surface area (Å²) in [5.41, 5.74) is 2.72. The first-order chi connectivity index (χ1) is 11.8. The van der Waals surface area contributed by atoms with Crippen LogP contribution in [-0.2, 0) is 4.79 Å². The van der Waals surface area contributed by atoms with Gasteiger partial charge in [0.1, 0.15) is 0 Å². The zero-order valence-electron chi connectivity index (χ0n) is 13.2. The summed E-state index contributed by atoms with van der Waals surface area (Å²) in [6.45, 7) is -0.0934. The van der Waals surface area contributed by atoms with Crippen LogP contribution in [0.25, 0.3) is 11.1 Å². The number of hydrogen-bond donors (Lipinski definition) is 2. The summed E-state index contributed by atoms with van der Waals surface area (Å²) in [7, 11) is 1.56. The molecular weight excluding hydrogens is 306 g/mol. The first-order valence-electron chi connectivity index (χ1n) is 7.41. The number of para-hydroxylation sites is 2. The minimum atomic E-state index is -0.239. The molecule has 1 heterocycles. The zero-order valence-corrected chi connectivity index (χ0v) is 13.2. The second-order valence-electron chi connectivity index (χ2n) is 5.05. The number of hydrogen-bond acceptors (Lipinski definition) is 4. The lowest BCUT2D eigenvalue weighted by atomic mass is 10.1. The van der Waals surface area contributed by atoms with Crippen molar-refractivity contribution in [3.8, 4) is 22.6 Å². The molecule has 0 radical (unpaired) electrons. The van der Waals surface area contributed by atoms with Crippen LogP contribution < -0.4 is 14.8 Å². The van der Waals surface area contributed by atoms with Crippen molar-refractivity contribution < 1.29 is 14.3 Å². The molecule has 0 aliphatic heterocycles. The normalized spacial score (nSPS) is 10.2. The van der Waals surface area contributed by atoms with E-state index in [1.54, 1.807) is 25.4 Å². The first kappa shape index (κ1) is 15.6. The van der Waals surface area contributed by atoms with Crippen molar-refractivity contribution in [2.24, 2.45) is 0 Å². The molecule has 3 rings (SSSR count). The van der Waals surface area contributed by atoms with Gasteiger partial charge in [-0.25, -0.2) is 0 Å². The van der Waals surface area contributed by atoms with Crippen LogP contribution in [0, 0.1) is 0 Å². The summed E-state index contributed by atoms with van der Waals surface area (Å²) >= 11 is 0. The highest BCUT2D eigenvalue weighted by Gasteiger charge is 2.07. The predicted molar refractivity (Wildman–Crippen MR) is 91.1 cm³/mol. The van der Waals surface area contributed by atoms with Crippen LogP contribution >= 0.6 is 0 Å². The fourth-order valence-electron chi connectivity index (χ4n) is 2.23. The van der Waals surface area contributed by atoms with Gasteiger partial charge in [-0.15, -0.1) is 0 Å². The van der Waals surface area contributed by atoms with E-state index < -0.39 is 0 Å². The molecule has 0 aliphatic carbocycles. The Kier molecular flexibility index (Phi) is 4.76. The lowest BCUT2D eigenvalue weighted by Crippen LogP contribution is -2.20. The Labute approximate surface area is 139 Å². The fraction of sp³-hybridized carbons (Fsp3) is 0.111. The molecule has 6 heteroatoms. The number of carbonyl (C=O) groups is 1. The third kappa shape index (κ3) is 3.73. The van der Waals surface area contributed by atoms with E-state index in [1.165, 1.54) is 0 Å². The van der Waals surface area contributed by atoms with Crippen LogP contribution in [-0.4, -0.2) is 29.8 Å². The molecule has 24 heavy (non-hydrogen) atoms. The van der Waals surface area contributed by atoms with Gasteiger partial charge < -0.3 is 14.8 Å². The van der Waals surface area contributed by atoms with E-state index >= 15 is 0 Å². The molecule has 0 spiro atoms. The molecule has 1 amide bonds. The second-order valence-corrected chi connectivity index (χ2v) is 5.05. The van der Waals surface area contributed by atoms with Crippen molar-refractivity contribution in [3.63, 3.8) is 0 Å². The van der Waals surface area contributed by atoms with Gasteiger partial charge in [-0.05, 0) is 29.8 Å². The molecule has 6 nitrogen and oxygen atoms in total. The van der Waals surface area contributed by atoms with E-state index in [0.717, 1.165) is 11.1 Å². The second kappa shape index (κ2) is 7.32. The Balaban J connectivity index is 1.57. The molecule has 3 aromatic rings. The quantitative estimate of drug-likeness (QED) is 0.731. The molecule has 1 aromatic heterocycles. The van der Waals surface area contributed by atoms with Gasteiger partial charge in [0.15, 0.2) is 18.1 Å². The molecule has 122 valence electrons. The number of methoxy groups -OCH3 is 1. The third-order valence-electron chi connectivity index (χ3n) is 3.43. The van der Waals surface area contributed by atoms with E-state index in [9.17, 15) is 4.79 Å². The van der Waals surface area contributed by atoms with E-state index in [2.05, 4.69) is 15.5 Å². The predicted octanol–water partition coefficient (Wildman–Crippen LogP) is 3.10. The maximum Gasteiger partial charge on any atom is 0.262 e. The fourth-order valence-corrected chi connectivity index (χ4v) is 2.23. The molecule has 0 unspecified atom stereocenters. The summed E-state index contributed by atoms with van der Waals surface area (Å²) in [5, 5.41) is 9.48. The number of H-pyrrole nitrogens is 1. The summed E-state index contributed by atoms with van der Waals surface area (Å²) in [5.74, 6) is 0.886. The molecule has 2 aromatic carbocycles. The van der Waals surface area contributed by atoms with Crippen LogP contribution in [0.4, 0.5) is 5.69 Å². The van der Waals surface area contributed by atoms with Crippen LogP contribution in [0.15, 0.2) is 60.9 Å². The van der Waals surface area contributed by atoms with Crippen molar-refractivity contribution in [2.75, 3.05) is 19.0 Å². The van der Waals surface area contributed by atoms with Gasteiger partial charge in [-0.3, -0.25) is 9.89 Å². The average Bonchev–Trinajstić information content (AvgIpc) is 3.15. The maximum atomic E-state index is 12.0. The number of amides is 1. The number of benzene rings is 2. The lowest BCUT2D eigenvalue weighted by molar-refractivity contribution is -0.118. The van der Waals surface area contributed by atoms with Crippen molar-refractivity contribution >= 4 is 11.6 Å². The SMILES string of the molecule is COc1ccccc1OCC(=O)Nc1ccc(-c2cn[nH]c2)cc1. The van der Waals surface area contributed by atoms with Crippen LogP contribution in [0.2, 0.25) is 0 Å². The summed E-state index contributed by atoms with van der Waals surface area (Å²) < 4.78 is 10.7. The number of nitrogens with one attached hydrogen (secondary N) is 2. The Morgan fingerprint density at radius 1 is 1.08 bits per heavy atom. The molecule has 0 saturated heterocycles.